The Bertz CT molecular complexity index is 1160. The molecule has 0 radical (unpaired) electrons. The molecule has 0 atom stereocenters. The topological polar surface area (TPSA) is 94.6 Å². The van der Waals surface area contributed by atoms with E-state index in [1.807, 2.05) is 24.3 Å². The first-order valence-corrected chi connectivity index (χ1v) is 11.8. The third-order valence-corrected chi connectivity index (χ3v) is 6.61. The average molecular weight is 452 g/mol. The number of rotatable bonds is 6. The van der Waals surface area contributed by atoms with Gasteiger partial charge in [-0.1, -0.05) is 18.2 Å². The number of carbonyl (C=O) groups excluding carboxylic acids is 1. The molecule has 2 N–H and O–H groups in total. The summed E-state index contributed by atoms with van der Waals surface area (Å²) < 4.78 is 27.8. The zero-order valence-electron chi connectivity index (χ0n) is 17.7. The molecule has 0 unspecified atom stereocenters. The van der Waals surface area contributed by atoms with Crippen LogP contribution in [0.5, 0.6) is 0 Å². The maximum absolute atomic E-state index is 12.7. The summed E-state index contributed by atoms with van der Waals surface area (Å²) in [5, 5.41) is 2.61. The lowest BCUT2D eigenvalue weighted by atomic mass is 10.2. The van der Waals surface area contributed by atoms with Gasteiger partial charge in [0.05, 0.1) is 16.8 Å². The van der Waals surface area contributed by atoms with E-state index in [-0.39, 0.29) is 10.8 Å². The summed E-state index contributed by atoms with van der Waals surface area (Å²) in [6.45, 7) is 4.87. The second-order valence-electron chi connectivity index (χ2n) is 7.53. The third kappa shape index (κ3) is 5.17. The summed E-state index contributed by atoms with van der Waals surface area (Å²) in [4.78, 5) is 20.2. The number of hydrogen-bond acceptors (Lipinski definition) is 6. The Hall–Kier alpha value is -3.59. The summed E-state index contributed by atoms with van der Waals surface area (Å²) in [6, 6.07) is 19.9. The van der Waals surface area contributed by atoms with Crippen molar-refractivity contribution in [2.75, 3.05) is 46.0 Å². The fourth-order valence-corrected chi connectivity index (χ4v) is 4.64. The molecule has 2 aromatic carbocycles. The van der Waals surface area contributed by atoms with Gasteiger partial charge in [-0.25, -0.2) is 13.4 Å². The van der Waals surface area contributed by atoms with Gasteiger partial charge in [0.25, 0.3) is 10.0 Å². The van der Waals surface area contributed by atoms with Crippen LogP contribution in [0.2, 0.25) is 0 Å². The smallest absolute Gasteiger partial charge is 0.261 e. The molecule has 1 amide bonds. The van der Waals surface area contributed by atoms with Gasteiger partial charge in [-0.2, -0.15) is 0 Å². The highest BCUT2D eigenvalue weighted by atomic mass is 32.2. The quantitative estimate of drug-likeness (QED) is 0.598. The number of amides is 1. The first-order valence-electron chi connectivity index (χ1n) is 10.3. The number of aromatic nitrogens is 1. The van der Waals surface area contributed by atoms with Gasteiger partial charge in [-0.05, 0) is 48.5 Å². The van der Waals surface area contributed by atoms with Gasteiger partial charge in [0.15, 0.2) is 0 Å². The highest BCUT2D eigenvalue weighted by Gasteiger charge is 2.19. The van der Waals surface area contributed by atoms with Crippen LogP contribution in [-0.2, 0) is 14.8 Å². The van der Waals surface area contributed by atoms with Gasteiger partial charge in [0.1, 0.15) is 5.82 Å². The molecule has 3 aromatic rings. The fourth-order valence-electron chi connectivity index (χ4n) is 3.60. The van der Waals surface area contributed by atoms with E-state index in [0.717, 1.165) is 32.0 Å². The number of hydrogen-bond donors (Lipinski definition) is 2. The second kappa shape index (κ2) is 9.27. The molecule has 9 heteroatoms. The molecule has 2 heterocycles. The van der Waals surface area contributed by atoms with E-state index in [1.165, 1.54) is 30.9 Å². The summed E-state index contributed by atoms with van der Waals surface area (Å²) in [7, 11) is -3.76. The standard InChI is InChI=1S/C23H25N5O3S/c1-18(29)25-19-7-10-22(11-8-19)32(30,31)26-20-9-12-23(24-17-20)28-15-13-27(14-16-28)21-5-3-2-4-6-21/h2-12,17,26H,13-16H2,1H3,(H,25,29). The van der Waals surface area contributed by atoms with Gasteiger partial charge in [-0.3, -0.25) is 9.52 Å². The first kappa shape index (κ1) is 21.6. The number of nitrogens with zero attached hydrogens (tertiary/aromatic N) is 3. The van der Waals surface area contributed by atoms with E-state index in [4.69, 9.17) is 0 Å². The minimum Gasteiger partial charge on any atom is -0.368 e. The van der Waals surface area contributed by atoms with E-state index in [0.29, 0.717) is 11.4 Å². The Morgan fingerprint density at radius 3 is 2.06 bits per heavy atom. The van der Waals surface area contributed by atoms with Crippen molar-refractivity contribution in [2.24, 2.45) is 0 Å². The summed E-state index contributed by atoms with van der Waals surface area (Å²) in [5.74, 6) is 0.603. The van der Waals surface area contributed by atoms with Crippen LogP contribution in [0.4, 0.5) is 22.9 Å². The second-order valence-corrected chi connectivity index (χ2v) is 9.21. The van der Waals surface area contributed by atoms with Crippen LogP contribution in [0.25, 0.3) is 0 Å². The SMILES string of the molecule is CC(=O)Nc1ccc(S(=O)(=O)Nc2ccc(N3CCN(c4ccccc4)CC3)nc2)cc1. The fraction of sp³-hybridized carbons (Fsp3) is 0.217. The van der Waals surface area contributed by atoms with E-state index >= 15 is 0 Å². The van der Waals surface area contributed by atoms with Crippen LogP contribution in [-0.4, -0.2) is 45.5 Å². The number of sulfonamides is 1. The van der Waals surface area contributed by atoms with Crippen molar-refractivity contribution in [3.8, 4) is 0 Å². The van der Waals surface area contributed by atoms with E-state index < -0.39 is 10.0 Å². The molecule has 166 valence electrons. The predicted molar refractivity (Wildman–Crippen MR) is 127 cm³/mol. The Labute approximate surface area is 187 Å². The van der Waals surface area contributed by atoms with Crippen molar-refractivity contribution in [3.05, 3.63) is 72.9 Å². The number of piperazine rings is 1. The van der Waals surface area contributed by atoms with Gasteiger partial charge in [0, 0.05) is 44.5 Å². The molecule has 0 spiro atoms. The lowest BCUT2D eigenvalue weighted by molar-refractivity contribution is -0.114. The maximum Gasteiger partial charge on any atom is 0.261 e. The molecule has 4 rings (SSSR count). The molecule has 0 aliphatic carbocycles. The van der Waals surface area contributed by atoms with Crippen LogP contribution in [0.15, 0.2) is 77.8 Å². The van der Waals surface area contributed by atoms with Crippen molar-refractivity contribution in [2.45, 2.75) is 11.8 Å². The van der Waals surface area contributed by atoms with Gasteiger partial charge in [-0.15, -0.1) is 0 Å². The highest BCUT2D eigenvalue weighted by Crippen LogP contribution is 2.22. The number of anilines is 4. The minimum atomic E-state index is -3.76. The maximum atomic E-state index is 12.7. The van der Waals surface area contributed by atoms with E-state index in [9.17, 15) is 13.2 Å². The van der Waals surface area contributed by atoms with Crippen LogP contribution in [0, 0.1) is 0 Å². The minimum absolute atomic E-state index is 0.104. The Kier molecular flexibility index (Phi) is 6.27. The molecule has 0 bridgehead atoms. The monoisotopic (exact) mass is 451 g/mol. The Balaban J connectivity index is 1.37. The number of carbonyl (C=O) groups is 1. The van der Waals surface area contributed by atoms with Crippen LogP contribution in [0.1, 0.15) is 6.92 Å². The number of para-hydroxylation sites is 1. The number of pyridine rings is 1. The molecule has 8 nitrogen and oxygen atoms in total. The summed E-state index contributed by atoms with van der Waals surface area (Å²) in [6.07, 6.45) is 1.53. The van der Waals surface area contributed by atoms with Gasteiger partial charge >= 0.3 is 0 Å². The molecule has 1 aromatic heterocycles. The van der Waals surface area contributed by atoms with Crippen molar-refractivity contribution < 1.29 is 13.2 Å². The largest absolute Gasteiger partial charge is 0.368 e. The van der Waals surface area contributed by atoms with Crippen molar-refractivity contribution in [1.82, 2.24) is 4.98 Å². The van der Waals surface area contributed by atoms with Crippen LogP contribution in [0.3, 0.4) is 0 Å². The predicted octanol–water partition coefficient (Wildman–Crippen LogP) is 3.17. The average Bonchev–Trinajstić information content (AvgIpc) is 2.80. The van der Waals surface area contributed by atoms with Crippen molar-refractivity contribution >= 4 is 38.8 Å². The normalized spacial score (nSPS) is 14.2. The molecule has 0 saturated carbocycles. The Morgan fingerprint density at radius 2 is 1.47 bits per heavy atom. The van der Waals surface area contributed by atoms with Crippen LogP contribution < -0.4 is 19.8 Å². The molecular formula is C23H25N5O3S. The molecule has 1 aliphatic heterocycles. The first-order chi connectivity index (χ1) is 15.4. The molecular weight excluding hydrogens is 426 g/mol. The van der Waals surface area contributed by atoms with Crippen LogP contribution >= 0.6 is 0 Å². The lowest BCUT2D eigenvalue weighted by Gasteiger charge is -2.36. The van der Waals surface area contributed by atoms with Crippen molar-refractivity contribution in [3.63, 3.8) is 0 Å². The third-order valence-electron chi connectivity index (χ3n) is 5.21. The van der Waals surface area contributed by atoms with Gasteiger partial charge < -0.3 is 15.1 Å². The number of nitrogens with one attached hydrogen (secondary N) is 2. The zero-order valence-corrected chi connectivity index (χ0v) is 18.5. The summed E-state index contributed by atoms with van der Waals surface area (Å²) >= 11 is 0. The highest BCUT2D eigenvalue weighted by molar-refractivity contribution is 7.92. The number of benzene rings is 2. The van der Waals surface area contributed by atoms with Gasteiger partial charge in [0.2, 0.25) is 5.91 Å². The lowest BCUT2D eigenvalue weighted by Crippen LogP contribution is -2.46. The van der Waals surface area contributed by atoms with Crippen molar-refractivity contribution in [1.29, 1.82) is 0 Å². The Morgan fingerprint density at radius 1 is 0.844 bits per heavy atom. The molecule has 32 heavy (non-hydrogen) atoms. The molecule has 1 saturated heterocycles. The summed E-state index contributed by atoms with van der Waals surface area (Å²) in [5.41, 5.74) is 2.15. The zero-order chi connectivity index (χ0) is 22.6. The molecule has 1 fully saturated rings. The van der Waals surface area contributed by atoms with E-state index in [2.05, 4.69) is 37.0 Å². The molecule has 1 aliphatic rings. The van der Waals surface area contributed by atoms with E-state index in [1.54, 1.807) is 18.2 Å².